The topological polar surface area (TPSA) is 56.9 Å². The van der Waals surface area contributed by atoms with Crippen LogP contribution in [0.25, 0.3) is 0 Å². The Morgan fingerprint density at radius 1 is 1.19 bits per heavy atom. The predicted molar refractivity (Wildman–Crippen MR) is 111 cm³/mol. The minimum Gasteiger partial charge on any atom is -0.370 e. The Morgan fingerprint density at radius 2 is 2.00 bits per heavy atom. The van der Waals surface area contributed by atoms with E-state index in [0.717, 1.165) is 51.6 Å². The van der Waals surface area contributed by atoms with E-state index in [1.165, 1.54) is 43.5 Å². The molecule has 5 nitrogen and oxygen atoms in total. The van der Waals surface area contributed by atoms with Crippen molar-refractivity contribution < 1.29 is 0 Å². The highest BCUT2D eigenvalue weighted by Crippen LogP contribution is 2.26. The second-order valence-corrected chi connectivity index (χ2v) is 7.82. The van der Waals surface area contributed by atoms with E-state index in [-0.39, 0.29) is 0 Å². The Bertz CT molecular complexity index is 574. The lowest BCUT2D eigenvalue weighted by atomic mass is 9.86. The van der Waals surface area contributed by atoms with Crippen LogP contribution >= 0.6 is 0 Å². The van der Waals surface area contributed by atoms with E-state index in [0.29, 0.717) is 5.96 Å². The lowest BCUT2D eigenvalue weighted by Gasteiger charge is -2.36. The van der Waals surface area contributed by atoms with E-state index < -0.39 is 0 Å². The first-order valence-electron chi connectivity index (χ1n) is 10.3. The summed E-state index contributed by atoms with van der Waals surface area (Å²) in [5.41, 5.74) is 8.64. The number of aryl methyl sites for hydroxylation is 1. The average molecular weight is 358 g/mol. The van der Waals surface area contributed by atoms with Gasteiger partial charge in [0.1, 0.15) is 0 Å². The summed E-state index contributed by atoms with van der Waals surface area (Å²) in [5.74, 6) is 1.41. The molecular formula is C21H35N5. The molecule has 1 aliphatic carbocycles. The van der Waals surface area contributed by atoms with Crippen molar-refractivity contribution in [1.29, 1.82) is 0 Å². The molecule has 1 saturated carbocycles. The molecule has 0 atom stereocenters. The lowest BCUT2D eigenvalue weighted by molar-refractivity contribution is 0.253. The van der Waals surface area contributed by atoms with Crippen molar-refractivity contribution in [2.45, 2.75) is 39.0 Å². The summed E-state index contributed by atoms with van der Waals surface area (Å²) in [6, 6.07) is 8.84. The molecule has 2 fully saturated rings. The number of hydrogen-bond donors (Lipinski definition) is 2. The zero-order valence-corrected chi connectivity index (χ0v) is 16.3. The number of aliphatic imine (C=N–C) groups is 1. The Balaban J connectivity index is 1.25. The third-order valence-corrected chi connectivity index (χ3v) is 5.69. The van der Waals surface area contributed by atoms with Crippen LogP contribution in [-0.2, 0) is 0 Å². The molecule has 2 aliphatic rings. The first kappa shape index (κ1) is 19.0. The molecule has 1 saturated heterocycles. The summed E-state index contributed by atoms with van der Waals surface area (Å²) in [6.45, 7) is 9.76. The van der Waals surface area contributed by atoms with Crippen LogP contribution in [0.3, 0.4) is 0 Å². The van der Waals surface area contributed by atoms with E-state index in [9.17, 15) is 0 Å². The van der Waals surface area contributed by atoms with Gasteiger partial charge in [-0.05, 0) is 62.8 Å². The highest BCUT2D eigenvalue weighted by Gasteiger charge is 2.17. The predicted octanol–water partition coefficient (Wildman–Crippen LogP) is 2.60. The maximum absolute atomic E-state index is 5.93. The molecule has 3 rings (SSSR count). The molecule has 1 aliphatic heterocycles. The van der Waals surface area contributed by atoms with Crippen LogP contribution in [-0.4, -0.2) is 56.7 Å². The fourth-order valence-corrected chi connectivity index (χ4v) is 3.69. The summed E-state index contributed by atoms with van der Waals surface area (Å²) in [5, 5.41) is 3.26. The summed E-state index contributed by atoms with van der Waals surface area (Å²) >= 11 is 0. The first-order valence-corrected chi connectivity index (χ1v) is 10.3. The van der Waals surface area contributed by atoms with Gasteiger partial charge < -0.3 is 16.0 Å². The number of unbranched alkanes of at least 4 members (excludes halogenated alkanes) is 1. The van der Waals surface area contributed by atoms with E-state index in [2.05, 4.69) is 51.3 Å². The van der Waals surface area contributed by atoms with Crippen molar-refractivity contribution in [2.24, 2.45) is 16.6 Å². The van der Waals surface area contributed by atoms with Crippen molar-refractivity contribution in [3.05, 3.63) is 29.8 Å². The van der Waals surface area contributed by atoms with Crippen molar-refractivity contribution >= 4 is 11.6 Å². The number of rotatable bonds is 8. The summed E-state index contributed by atoms with van der Waals surface area (Å²) < 4.78 is 0. The molecule has 0 spiro atoms. The van der Waals surface area contributed by atoms with Crippen LogP contribution in [0.2, 0.25) is 0 Å². The molecule has 1 heterocycles. The summed E-state index contributed by atoms with van der Waals surface area (Å²) in [4.78, 5) is 9.53. The van der Waals surface area contributed by atoms with Gasteiger partial charge in [-0.15, -0.1) is 0 Å². The fraction of sp³-hybridized carbons (Fsp3) is 0.667. The summed E-state index contributed by atoms with van der Waals surface area (Å²) in [7, 11) is 0. The van der Waals surface area contributed by atoms with Crippen LogP contribution in [0.15, 0.2) is 29.3 Å². The van der Waals surface area contributed by atoms with Crippen LogP contribution in [0, 0.1) is 12.8 Å². The van der Waals surface area contributed by atoms with Gasteiger partial charge in [0, 0.05) is 45.0 Å². The van der Waals surface area contributed by atoms with Crippen molar-refractivity contribution in [1.82, 2.24) is 10.2 Å². The molecule has 0 radical (unpaired) electrons. The second kappa shape index (κ2) is 9.81. The highest BCUT2D eigenvalue weighted by molar-refractivity contribution is 5.77. The molecule has 144 valence electrons. The Hall–Kier alpha value is -1.75. The maximum atomic E-state index is 5.93. The quantitative estimate of drug-likeness (QED) is 0.427. The van der Waals surface area contributed by atoms with Gasteiger partial charge in [0.15, 0.2) is 5.96 Å². The SMILES string of the molecule is Cc1cccc(N2CCN(CCCCNC(N)=NCC3CCC3)CC2)c1. The molecule has 26 heavy (non-hydrogen) atoms. The van der Waals surface area contributed by atoms with Gasteiger partial charge in [-0.25, -0.2) is 0 Å². The standard InChI is InChI=1S/C21H35N5/c1-18-6-4-9-20(16-18)26-14-12-25(13-15-26)11-3-2-10-23-21(22)24-17-19-7-5-8-19/h4,6,9,16,19H,2-3,5,7-8,10-15,17H2,1H3,(H3,22,23,24). The van der Waals surface area contributed by atoms with E-state index >= 15 is 0 Å². The van der Waals surface area contributed by atoms with Crippen molar-refractivity contribution in [3.63, 3.8) is 0 Å². The van der Waals surface area contributed by atoms with Gasteiger partial charge in [0.05, 0.1) is 0 Å². The van der Waals surface area contributed by atoms with E-state index in [1.807, 2.05) is 0 Å². The maximum Gasteiger partial charge on any atom is 0.188 e. The Morgan fingerprint density at radius 3 is 2.69 bits per heavy atom. The zero-order valence-electron chi connectivity index (χ0n) is 16.3. The van der Waals surface area contributed by atoms with E-state index in [1.54, 1.807) is 0 Å². The molecule has 1 aromatic rings. The number of nitrogens with one attached hydrogen (secondary N) is 1. The van der Waals surface area contributed by atoms with Gasteiger partial charge >= 0.3 is 0 Å². The number of piperazine rings is 1. The lowest BCUT2D eigenvalue weighted by Crippen LogP contribution is -2.46. The van der Waals surface area contributed by atoms with Crippen molar-refractivity contribution in [2.75, 3.05) is 50.7 Å². The van der Waals surface area contributed by atoms with Gasteiger partial charge in [0.25, 0.3) is 0 Å². The molecule has 3 N–H and O–H groups in total. The largest absolute Gasteiger partial charge is 0.370 e. The van der Waals surface area contributed by atoms with Crippen LogP contribution < -0.4 is 16.0 Å². The highest BCUT2D eigenvalue weighted by atomic mass is 15.3. The minimum absolute atomic E-state index is 0.628. The average Bonchev–Trinajstić information content (AvgIpc) is 2.61. The smallest absolute Gasteiger partial charge is 0.188 e. The molecule has 5 heteroatoms. The van der Waals surface area contributed by atoms with Gasteiger partial charge in [-0.2, -0.15) is 0 Å². The molecule has 0 unspecified atom stereocenters. The van der Waals surface area contributed by atoms with Gasteiger partial charge in [0.2, 0.25) is 0 Å². The van der Waals surface area contributed by atoms with Crippen molar-refractivity contribution in [3.8, 4) is 0 Å². The van der Waals surface area contributed by atoms with Crippen LogP contribution in [0.4, 0.5) is 5.69 Å². The van der Waals surface area contributed by atoms with Crippen LogP contribution in [0.1, 0.15) is 37.7 Å². The molecular weight excluding hydrogens is 322 g/mol. The second-order valence-electron chi connectivity index (χ2n) is 7.82. The third kappa shape index (κ3) is 5.90. The minimum atomic E-state index is 0.628. The zero-order chi connectivity index (χ0) is 18.2. The summed E-state index contributed by atoms with van der Waals surface area (Å²) in [6.07, 6.45) is 6.39. The molecule has 0 bridgehead atoms. The van der Waals surface area contributed by atoms with Gasteiger partial charge in [-0.1, -0.05) is 18.6 Å². The monoisotopic (exact) mass is 357 g/mol. The number of anilines is 1. The first-order chi connectivity index (χ1) is 12.7. The molecule has 0 amide bonds. The molecule has 0 aromatic heterocycles. The normalized spacial score (nSPS) is 19.4. The Labute approximate surface area is 158 Å². The third-order valence-electron chi connectivity index (χ3n) is 5.69. The fourth-order valence-electron chi connectivity index (χ4n) is 3.69. The number of benzene rings is 1. The Kier molecular flexibility index (Phi) is 7.18. The molecule has 1 aromatic carbocycles. The van der Waals surface area contributed by atoms with E-state index in [4.69, 9.17) is 5.73 Å². The van der Waals surface area contributed by atoms with Gasteiger partial charge in [-0.3, -0.25) is 9.89 Å². The number of nitrogens with zero attached hydrogens (tertiary/aromatic N) is 3. The number of hydrogen-bond acceptors (Lipinski definition) is 3. The number of guanidine groups is 1. The number of nitrogens with two attached hydrogens (primary N) is 1. The van der Waals surface area contributed by atoms with Crippen LogP contribution in [0.5, 0.6) is 0 Å².